The molecule has 2 N–H and O–H groups in total. The first-order valence-corrected chi connectivity index (χ1v) is 8.52. The minimum atomic E-state index is -0.541. The monoisotopic (exact) mass is 349 g/mol. The number of nitrogens with zero attached hydrogens (tertiary/aromatic N) is 2. The molecule has 1 aliphatic carbocycles. The zero-order valence-electron chi connectivity index (χ0n) is 14.1. The van der Waals surface area contributed by atoms with E-state index in [2.05, 4.69) is 34.7 Å². The number of hydrogen-bond acceptors (Lipinski definition) is 4. The third-order valence-corrected chi connectivity index (χ3v) is 4.54. The van der Waals surface area contributed by atoms with Gasteiger partial charge in [-0.2, -0.15) is 5.10 Å². The summed E-state index contributed by atoms with van der Waals surface area (Å²) in [5.41, 5.74) is 4.74. The molecule has 2 aromatic carbocycles. The molecule has 6 heteroatoms. The van der Waals surface area contributed by atoms with E-state index >= 15 is 0 Å². The number of benzene rings is 2. The van der Waals surface area contributed by atoms with Gasteiger partial charge in [-0.05, 0) is 22.3 Å². The highest BCUT2D eigenvalue weighted by Gasteiger charge is 2.29. The Bertz CT molecular complexity index is 890. The van der Waals surface area contributed by atoms with Gasteiger partial charge in [0.2, 0.25) is 0 Å². The quantitative estimate of drug-likeness (QED) is 0.741. The van der Waals surface area contributed by atoms with Crippen LogP contribution in [0.15, 0.2) is 60.8 Å². The molecule has 1 aliphatic rings. The highest BCUT2D eigenvalue weighted by atomic mass is 16.5. The van der Waals surface area contributed by atoms with Crippen molar-refractivity contribution in [2.45, 2.75) is 12.5 Å². The SMILES string of the molecule is O=C(Nc1ccn(CCO)n1)OCC1c2ccccc2-c2ccccc21. The third-order valence-electron chi connectivity index (χ3n) is 4.54. The maximum atomic E-state index is 12.1. The van der Waals surface area contributed by atoms with Crippen molar-refractivity contribution in [2.24, 2.45) is 0 Å². The number of aliphatic hydroxyl groups is 1. The van der Waals surface area contributed by atoms with Crippen molar-refractivity contribution in [3.8, 4) is 11.1 Å². The fourth-order valence-corrected chi connectivity index (χ4v) is 3.39. The normalized spacial score (nSPS) is 12.5. The number of aromatic nitrogens is 2. The molecule has 0 unspecified atom stereocenters. The molecule has 0 saturated carbocycles. The molecule has 1 aromatic heterocycles. The lowest BCUT2D eigenvalue weighted by Crippen LogP contribution is -2.18. The van der Waals surface area contributed by atoms with Gasteiger partial charge >= 0.3 is 6.09 Å². The van der Waals surface area contributed by atoms with Gasteiger partial charge in [0.25, 0.3) is 0 Å². The van der Waals surface area contributed by atoms with Crippen LogP contribution < -0.4 is 5.32 Å². The standard InChI is InChI=1S/C20H19N3O3/c24-12-11-23-10-9-19(22-23)21-20(25)26-13-18-16-7-3-1-5-14(16)15-6-2-4-8-17(15)18/h1-10,18,24H,11-13H2,(H,21,22,25). The van der Waals surface area contributed by atoms with Crippen LogP contribution in [0, 0.1) is 0 Å². The topological polar surface area (TPSA) is 76.4 Å². The Morgan fingerprint density at radius 1 is 1.08 bits per heavy atom. The van der Waals surface area contributed by atoms with Crippen LogP contribution in [0.1, 0.15) is 17.0 Å². The Labute approximate surface area is 151 Å². The molecule has 0 spiro atoms. The molecule has 0 aliphatic heterocycles. The maximum Gasteiger partial charge on any atom is 0.412 e. The van der Waals surface area contributed by atoms with Gasteiger partial charge in [-0.15, -0.1) is 0 Å². The van der Waals surface area contributed by atoms with Crippen LogP contribution in [0.2, 0.25) is 0 Å². The number of amides is 1. The highest BCUT2D eigenvalue weighted by Crippen LogP contribution is 2.44. The first-order valence-electron chi connectivity index (χ1n) is 8.52. The molecule has 26 heavy (non-hydrogen) atoms. The van der Waals surface area contributed by atoms with Gasteiger partial charge in [0.1, 0.15) is 6.61 Å². The van der Waals surface area contributed by atoms with Crippen LogP contribution in [0.4, 0.5) is 10.6 Å². The molecule has 132 valence electrons. The predicted molar refractivity (Wildman–Crippen MR) is 98.0 cm³/mol. The van der Waals surface area contributed by atoms with E-state index in [1.807, 2.05) is 24.3 Å². The average molecular weight is 349 g/mol. The zero-order valence-corrected chi connectivity index (χ0v) is 14.1. The fourth-order valence-electron chi connectivity index (χ4n) is 3.39. The summed E-state index contributed by atoms with van der Waals surface area (Å²) in [6.07, 6.45) is 1.15. The van der Waals surface area contributed by atoms with Crippen molar-refractivity contribution >= 4 is 11.9 Å². The lowest BCUT2D eigenvalue weighted by Gasteiger charge is -2.14. The summed E-state index contributed by atoms with van der Waals surface area (Å²) < 4.78 is 7.02. The molecule has 3 aromatic rings. The van der Waals surface area contributed by atoms with Crippen LogP contribution in [0.3, 0.4) is 0 Å². The van der Waals surface area contributed by atoms with Gasteiger partial charge in [-0.25, -0.2) is 4.79 Å². The number of fused-ring (bicyclic) bond motifs is 3. The first kappa shape index (κ1) is 16.4. The minimum Gasteiger partial charge on any atom is -0.448 e. The van der Waals surface area contributed by atoms with Crippen LogP contribution in [-0.2, 0) is 11.3 Å². The van der Waals surface area contributed by atoms with Gasteiger partial charge in [0, 0.05) is 18.2 Å². The van der Waals surface area contributed by atoms with E-state index in [-0.39, 0.29) is 19.1 Å². The molecule has 1 amide bonds. The molecule has 0 fully saturated rings. The summed E-state index contributed by atoms with van der Waals surface area (Å²) in [6, 6.07) is 18.1. The number of carbonyl (C=O) groups is 1. The molecule has 1 heterocycles. The maximum absolute atomic E-state index is 12.1. The van der Waals surface area contributed by atoms with E-state index in [1.54, 1.807) is 16.9 Å². The minimum absolute atomic E-state index is 0.00787. The van der Waals surface area contributed by atoms with E-state index in [0.717, 1.165) is 0 Å². The predicted octanol–water partition coefficient (Wildman–Crippen LogP) is 3.24. The van der Waals surface area contributed by atoms with Crippen molar-refractivity contribution in [3.63, 3.8) is 0 Å². The number of carbonyl (C=O) groups excluding carboxylic acids is 1. The molecule has 0 bridgehead atoms. The van der Waals surface area contributed by atoms with Gasteiger partial charge < -0.3 is 9.84 Å². The van der Waals surface area contributed by atoms with Crippen molar-refractivity contribution in [3.05, 3.63) is 71.9 Å². The summed E-state index contributed by atoms with van der Waals surface area (Å²) in [5, 5.41) is 15.7. The van der Waals surface area contributed by atoms with Crippen LogP contribution in [0.25, 0.3) is 11.1 Å². The first-order chi connectivity index (χ1) is 12.8. The van der Waals surface area contributed by atoms with Crippen molar-refractivity contribution in [1.82, 2.24) is 9.78 Å². The average Bonchev–Trinajstić information content (AvgIpc) is 3.23. The van der Waals surface area contributed by atoms with Crippen molar-refractivity contribution < 1.29 is 14.6 Å². The van der Waals surface area contributed by atoms with Crippen LogP contribution in [-0.4, -0.2) is 34.2 Å². The molecular formula is C20H19N3O3. The second kappa shape index (κ2) is 7.01. The molecule has 6 nitrogen and oxygen atoms in total. The summed E-state index contributed by atoms with van der Waals surface area (Å²) in [4.78, 5) is 12.1. The second-order valence-electron chi connectivity index (χ2n) is 6.14. The number of ether oxygens (including phenoxy) is 1. The summed E-state index contributed by atoms with van der Waals surface area (Å²) in [6.45, 7) is 0.635. The van der Waals surface area contributed by atoms with Crippen LogP contribution >= 0.6 is 0 Å². The van der Waals surface area contributed by atoms with E-state index in [9.17, 15) is 4.79 Å². The number of aliphatic hydroxyl groups excluding tert-OH is 1. The highest BCUT2D eigenvalue weighted by molar-refractivity contribution is 5.83. The smallest absolute Gasteiger partial charge is 0.412 e. The Morgan fingerprint density at radius 3 is 2.38 bits per heavy atom. The summed E-state index contributed by atoms with van der Waals surface area (Å²) >= 11 is 0. The number of nitrogens with one attached hydrogen (secondary N) is 1. The lowest BCUT2D eigenvalue weighted by atomic mass is 9.98. The van der Waals surface area contributed by atoms with E-state index < -0.39 is 6.09 Å². The van der Waals surface area contributed by atoms with Gasteiger partial charge in [0.05, 0.1) is 13.2 Å². The molecular weight excluding hydrogens is 330 g/mol. The molecule has 4 rings (SSSR count). The van der Waals surface area contributed by atoms with Gasteiger partial charge in [-0.1, -0.05) is 48.5 Å². The van der Waals surface area contributed by atoms with Gasteiger partial charge in [0.15, 0.2) is 5.82 Å². The Hall–Kier alpha value is -3.12. The summed E-state index contributed by atoms with van der Waals surface area (Å²) in [7, 11) is 0. The van der Waals surface area contributed by atoms with E-state index in [1.165, 1.54) is 22.3 Å². The Balaban J connectivity index is 1.45. The fraction of sp³-hybridized carbons (Fsp3) is 0.200. The van der Waals surface area contributed by atoms with Crippen LogP contribution in [0.5, 0.6) is 0 Å². The van der Waals surface area contributed by atoms with E-state index in [4.69, 9.17) is 9.84 Å². The number of anilines is 1. The largest absolute Gasteiger partial charge is 0.448 e. The Morgan fingerprint density at radius 2 is 1.73 bits per heavy atom. The van der Waals surface area contributed by atoms with Gasteiger partial charge in [-0.3, -0.25) is 10.00 Å². The van der Waals surface area contributed by atoms with Crippen molar-refractivity contribution in [1.29, 1.82) is 0 Å². The molecule has 0 radical (unpaired) electrons. The van der Waals surface area contributed by atoms with E-state index in [0.29, 0.717) is 12.4 Å². The second-order valence-corrected chi connectivity index (χ2v) is 6.14. The lowest BCUT2D eigenvalue weighted by molar-refractivity contribution is 0.158. The van der Waals surface area contributed by atoms with Crippen molar-refractivity contribution in [2.75, 3.05) is 18.5 Å². The number of hydrogen-bond donors (Lipinski definition) is 2. The summed E-state index contributed by atoms with van der Waals surface area (Å²) in [5.74, 6) is 0.427. The molecule has 0 atom stereocenters. The molecule has 0 saturated heterocycles. The third kappa shape index (κ3) is 3.07. The Kier molecular flexibility index (Phi) is 4.41. The number of rotatable bonds is 5. The zero-order chi connectivity index (χ0) is 17.9.